The summed E-state index contributed by atoms with van der Waals surface area (Å²) in [6, 6.07) is 70.7. The average molecular weight is 665 g/mol. The lowest BCUT2D eigenvalue weighted by Gasteiger charge is -2.27. The Bertz CT molecular complexity index is 2740. The maximum atomic E-state index is 2.41. The van der Waals surface area contributed by atoms with Crippen LogP contribution in [-0.4, -0.2) is 4.57 Å². The first-order chi connectivity index (χ1) is 25.7. The van der Waals surface area contributed by atoms with E-state index >= 15 is 0 Å². The highest BCUT2D eigenvalue weighted by Gasteiger charge is 2.26. The van der Waals surface area contributed by atoms with Gasteiger partial charge in [-0.1, -0.05) is 134 Å². The Kier molecular flexibility index (Phi) is 7.14. The number of para-hydroxylation sites is 2. The van der Waals surface area contributed by atoms with E-state index in [1.165, 1.54) is 72.0 Å². The van der Waals surface area contributed by atoms with Gasteiger partial charge >= 0.3 is 0 Å². The van der Waals surface area contributed by atoms with Crippen molar-refractivity contribution in [1.29, 1.82) is 0 Å². The molecule has 8 aromatic carbocycles. The van der Waals surface area contributed by atoms with Gasteiger partial charge in [0, 0.05) is 39.4 Å². The zero-order valence-electron chi connectivity index (χ0n) is 28.9. The molecular weight excluding hydrogens is 629 g/mol. The van der Waals surface area contributed by atoms with E-state index in [0.717, 1.165) is 17.1 Å². The highest BCUT2D eigenvalue weighted by atomic mass is 15.1. The molecular formula is C50H36N2. The Morgan fingerprint density at radius 2 is 0.981 bits per heavy atom. The quantitative estimate of drug-likeness (QED) is 0.172. The van der Waals surface area contributed by atoms with Crippen molar-refractivity contribution in [1.82, 2.24) is 4.57 Å². The second-order valence-electron chi connectivity index (χ2n) is 13.8. The number of hydrogen-bond donors (Lipinski definition) is 0. The summed E-state index contributed by atoms with van der Waals surface area (Å²) in [6.07, 6.45) is 0. The number of anilines is 3. The molecule has 0 fully saturated rings. The lowest BCUT2D eigenvalue weighted by atomic mass is 9.98. The molecule has 0 bridgehead atoms. The van der Waals surface area contributed by atoms with Crippen LogP contribution in [-0.2, 0) is 0 Å². The standard InChI is InChI=1S/C50H36N2/c1-34-43-19-8-9-20-44(43)45-29-28-42(33-47(34)45)51(41-18-12-15-37(31-41)35-13-4-2-5-14-35)40-26-23-36(24-27-40)38-25-30-50-48(32-38)46-21-10-11-22-49(46)52(50)39-16-6-3-7-17-39/h2-34H,1H3. The Morgan fingerprint density at radius 1 is 0.385 bits per heavy atom. The van der Waals surface area contributed by atoms with Crippen LogP contribution in [0.3, 0.4) is 0 Å². The van der Waals surface area contributed by atoms with E-state index in [1.807, 2.05) is 0 Å². The van der Waals surface area contributed by atoms with Crippen molar-refractivity contribution in [2.75, 3.05) is 4.90 Å². The highest BCUT2D eigenvalue weighted by molar-refractivity contribution is 6.10. The summed E-state index contributed by atoms with van der Waals surface area (Å²) in [7, 11) is 0. The average Bonchev–Trinajstić information content (AvgIpc) is 3.70. The third kappa shape index (κ3) is 4.95. The predicted molar refractivity (Wildman–Crippen MR) is 219 cm³/mol. The molecule has 0 saturated heterocycles. The predicted octanol–water partition coefficient (Wildman–Crippen LogP) is 13.7. The molecule has 1 aliphatic carbocycles. The van der Waals surface area contributed by atoms with Crippen LogP contribution < -0.4 is 4.90 Å². The summed E-state index contributed by atoms with van der Waals surface area (Å²) in [6.45, 7) is 2.33. The molecule has 1 aliphatic rings. The molecule has 0 saturated carbocycles. The van der Waals surface area contributed by atoms with Gasteiger partial charge in [0.2, 0.25) is 0 Å². The van der Waals surface area contributed by atoms with Crippen LogP contribution in [0, 0.1) is 0 Å². The zero-order chi connectivity index (χ0) is 34.6. The molecule has 0 radical (unpaired) electrons. The molecule has 1 aromatic heterocycles. The molecule has 0 spiro atoms. The van der Waals surface area contributed by atoms with Crippen LogP contribution in [0.15, 0.2) is 194 Å². The van der Waals surface area contributed by atoms with E-state index in [-0.39, 0.29) is 0 Å². The minimum atomic E-state index is 0.341. The lowest BCUT2D eigenvalue weighted by Crippen LogP contribution is -2.10. The Morgan fingerprint density at radius 3 is 1.83 bits per heavy atom. The smallest absolute Gasteiger partial charge is 0.0541 e. The summed E-state index contributed by atoms with van der Waals surface area (Å²) in [5.41, 5.74) is 17.3. The molecule has 52 heavy (non-hydrogen) atoms. The molecule has 10 rings (SSSR count). The normalized spacial score (nSPS) is 13.3. The van der Waals surface area contributed by atoms with Gasteiger partial charge in [0.15, 0.2) is 0 Å². The van der Waals surface area contributed by atoms with Crippen LogP contribution in [0.25, 0.3) is 60.9 Å². The summed E-state index contributed by atoms with van der Waals surface area (Å²) >= 11 is 0. The Balaban J connectivity index is 1.08. The van der Waals surface area contributed by atoms with E-state index in [1.54, 1.807) is 0 Å². The summed E-state index contributed by atoms with van der Waals surface area (Å²) in [5, 5.41) is 2.52. The second-order valence-corrected chi connectivity index (χ2v) is 13.8. The van der Waals surface area contributed by atoms with Gasteiger partial charge < -0.3 is 9.47 Å². The lowest BCUT2D eigenvalue weighted by molar-refractivity contribution is 0.956. The number of nitrogens with zero attached hydrogens (tertiary/aromatic N) is 2. The fourth-order valence-corrected chi connectivity index (χ4v) is 8.29. The number of fused-ring (bicyclic) bond motifs is 6. The van der Waals surface area contributed by atoms with Crippen LogP contribution in [0.5, 0.6) is 0 Å². The molecule has 2 nitrogen and oxygen atoms in total. The van der Waals surface area contributed by atoms with Gasteiger partial charge in [-0.05, 0) is 111 Å². The van der Waals surface area contributed by atoms with Gasteiger partial charge in [0.05, 0.1) is 11.0 Å². The largest absolute Gasteiger partial charge is 0.310 e. The van der Waals surface area contributed by atoms with Crippen LogP contribution in [0.2, 0.25) is 0 Å². The van der Waals surface area contributed by atoms with E-state index < -0.39 is 0 Å². The topological polar surface area (TPSA) is 8.17 Å². The van der Waals surface area contributed by atoms with Crippen LogP contribution in [0.1, 0.15) is 24.0 Å². The Labute approximate surface area is 304 Å². The molecule has 0 N–H and O–H groups in total. The van der Waals surface area contributed by atoms with Crippen LogP contribution >= 0.6 is 0 Å². The van der Waals surface area contributed by atoms with Gasteiger partial charge in [0.1, 0.15) is 0 Å². The molecule has 0 aliphatic heterocycles. The van der Waals surface area contributed by atoms with E-state index in [2.05, 4.69) is 211 Å². The van der Waals surface area contributed by atoms with Crippen molar-refractivity contribution in [3.05, 3.63) is 205 Å². The molecule has 9 aromatic rings. The Hall–Kier alpha value is -6.64. The van der Waals surface area contributed by atoms with Crippen molar-refractivity contribution >= 4 is 38.9 Å². The SMILES string of the molecule is CC1c2ccccc2-c2ccc(N(c3ccc(-c4ccc5c(c4)c4ccccc4n5-c4ccccc4)cc3)c3cccc(-c4ccccc4)c3)cc21. The summed E-state index contributed by atoms with van der Waals surface area (Å²) in [4.78, 5) is 2.41. The second kappa shape index (κ2) is 12.3. The maximum absolute atomic E-state index is 2.41. The monoisotopic (exact) mass is 664 g/mol. The number of hydrogen-bond acceptors (Lipinski definition) is 1. The van der Waals surface area contributed by atoms with Crippen molar-refractivity contribution in [3.63, 3.8) is 0 Å². The molecule has 0 amide bonds. The first kappa shape index (κ1) is 30.2. The van der Waals surface area contributed by atoms with E-state index in [0.29, 0.717) is 5.92 Å². The highest BCUT2D eigenvalue weighted by Crippen LogP contribution is 2.47. The zero-order valence-corrected chi connectivity index (χ0v) is 28.9. The van der Waals surface area contributed by atoms with Crippen molar-refractivity contribution < 1.29 is 0 Å². The minimum Gasteiger partial charge on any atom is -0.310 e. The molecule has 1 heterocycles. The third-order valence-electron chi connectivity index (χ3n) is 10.8. The van der Waals surface area contributed by atoms with Crippen molar-refractivity contribution in [2.45, 2.75) is 12.8 Å². The molecule has 2 heteroatoms. The molecule has 1 atom stereocenters. The van der Waals surface area contributed by atoms with Gasteiger partial charge in [0.25, 0.3) is 0 Å². The number of aromatic nitrogens is 1. The van der Waals surface area contributed by atoms with E-state index in [9.17, 15) is 0 Å². The van der Waals surface area contributed by atoms with Gasteiger partial charge in [-0.25, -0.2) is 0 Å². The van der Waals surface area contributed by atoms with Gasteiger partial charge in [-0.2, -0.15) is 0 Å². The van der Waals surface area contributed by atoms with Crippen molar-refractivity contribution in [2.24, 2.45) is 0 Å². The number of rotatable bonds is 6. The van der Waals surface area contributed by atoms with Gasteiger partial charge in [-0.3, -0.25) is 0 Å². The molecule has 246 valence electrons. The fraction of sp³-hybridized carbons (Fsp3) is 0.0400. The number of benzene rings is 8. The fourth-order valence-electron chi connectivity index (χ4n) is 8.29. The van der Waals surface area contributed by atoms with E-state index in [4.69, 9.17) is 0 Å². The first-order valence-corrected chi connectivity index (χ1v) is 18.1. The summed E-state index contributed by atoms with van der Waals surface area (Å²) in [5.74, 6) is 0.341. The third-order valence-corrected chi connectivity index (χ3v) is 10.8. The van der Waals surface area contributed by atoms with Crippen molar-refractivity contribution in [3.8, 4) is 39.1 Å². The minimum absolute atomic E-state index is 0.341. The van der Waals surface area contributed by atoms with Gasteiger partial charge in [-0.15, -0.1) is 0 Å². The first-order valence-electron chi connectivity index (χ1n) is 18.1. The summed E-state index contributed by atoms with van der Waals surface area (Å²) < 4.78 is 2.37. The molecule has 1 unspecified atom stereocenters. The maximum Gasteiger partial charge on any atom is 0.0541 e. The van der Waals surface area contributed by atoms with Crippen LogP contribution in [0.4, 0.5) is 17.1 Å².